The Labute approximate surface area is 193 Å². The summed E-state index contributed by atoms with van der Waals surface area (Å²) in [5, 5.41) is 3.59. The summed E-state index contributed by atoms with van der Waals surface area (Å²) in [6, 6.07) is 7.39. The number of carbonyl (C=O) groups is 2. The number of esters is 1. The van der Waals surface area contributed by atoms with E-state index in [0.717, 1.165) is 27.8 Å². The van der Waals surface area contributed by atoms with Crippen molar-refractivity contribution in [2.24, 2.45) is 0 Å². The van der Waals surface area contributed by atoms with Gasteiger partial charge in [-0.25, -0.2) is 4.79 Å². The monoisotopic (exact) mass is 457 g/mol. The number of fused-ring (bicyclic) bond motifs is 1. The lowest BCUT2D eigenvalue weighted by Gasteiger charge is -2.18. The predicted molar refractivity (Wildman–Crippen MR) is 123 cm³/mol. The maximum absolute atomic E-state index is 12.2. The normalized spacial score (nSPS) is 12.9. The van der Waals surface area contributed by atoms with E-state index in [9.17, 15) is 9.59 Å². The average molecular weight is 458 g/mol. The zero-order chi connectivity index (χ0) is 23.3. The van der Waals surface area contributed by atoms with Crippen molar-refractivity contribution in [1.82, 2.24) is 5.32 Å². The number of cyclic esters (lactones) is 1. The number of hydrogen-bond donors (Lipinski definition) is 1. The molecule has 7 heteroatoms. The van der Waals surface area contributed by atoms with E-state index in [1.54, 1.807) is 26.4 Å². The van der Waals surface area contributed by atoms with E-state index in [0.29, 0.717) is 47.9 Å². The molecule has 1 N–H and O–H groups in total. The van der Waals surface area contributed by atoms with Crippen LogP contribution in [0.4, 0.5) is 0 Å². The van der Waals surface area contributed by atoms with Gasteiger partial charge in [0, 0.05) is 29.1 Å². The van der Waals surface area contributed by atoms with Gasteiger partial charge < -0.3 is 19.5 Å². The second kappa shape index (κ2) is 10.6. The van der Waals surface area contributed by atoms with Crippen molar-refractivity contribution in [3.63, 3.8) is 0 Å². The third kappa shape index (κ3) is 5.25. The number of allylic oxidation sites excluding steroid dienone is 2. The molecule has 0 unspecified atom stereocenters. The maximum Gasteiger partial charge on any atom is 0.342 e. The second-order valence-electron chi connectivity index (χ2n) is 7.76. The van der Waals surface area contributed by atoms with Gasteiger partial charge in [-0.3, -0.25) is 4.79 Å². The number of benzene rings is 2. The fraction of sp³-hybridized carbons (Fsp3) is 0.360. The van der Waals surface area contributed by atoms with Gasteiger partial charge in [0.1, 0.15) is 23.7 Å². The van der Waals surface area contributed by atoms with Crippen molar-refractivity contribution in [2.45, 2.75) is 46.3 Å². The maximum atomic E-state index is 12.2. The number of ether oxygens (including phenoxy) is 3. The van der Waals surface area contributed by atoms with Crippen molar-refractivity contribution >= 4 is 23.5 Å². The molecule has 0 saturated heterocycles. The van der Waals surface area contributed by atoms with E-state index < -0.39 is 0 Å². The zero-order valence-corrected chi connectivity index (χ0v) is 19.6. The van der Waals surface area contributed by atoms with Gasteiger partial charge in [-0.2, -0.15) is 0 Å². The highest BCUT2D eigenvalue weighted by molar-refractivity contribution is 6.30. The van der Waals surface area contributed by atoms with Crippen LogP contribution in [0.25, 0.3) is 0 Å². The van der Waals surface area contributed by atoms with E-state index in [-0.39, 0.29) is 18.5 Å². The molecule has 0 fully saturated rings. The van der Waals surface area contributed by atoms with E-state index in [4.69, 9.17) is 25.8 Å². The molecule has 0 atom stereocenters. The molecule has 2 aromatic carbocycles. The van der Waals surface area contributed by atoms with E-state index >= 15 is 0 Å². The van der Waals surface area contributed by atoms with Crippen LogP contribution < -0.4 is 14.8 Å². The number of halogens is 1. The molecule has 32 heavy (non-hydrogen) atoms. The van der Waals surface area contributed by atoms with Gasteiger partial charge in [-0.15, -0.1) is 0 Å². The Morgan fingerprint density at radius 1 is 1.16 bits per heavy atom. The highest BCUT2D eigenvalue weighted by Gasteiger charge is 2.32. The molecular formula is C25H28ClNO5. The lowest BCUT2D eigenvalue weighted by Crippen LogP contribution is -2.22. The van der Waals surface area contributed by atoms with E-state index in [1.165, 1.54) is 0 Å². The number of methoxy groups -OCH3 is 2. The molecule has 1 heterocycles. The van der Waals surface area contributed by atoms with Crippen LogP contribution in [-0.2, 0) is 29.1 Å². The summed E-state index contributed by atoms with van der Waals surface area (Å²) in [6.45, 7) is 4.61. The molecule has 1 amide bonds. The summed E-state index contributed by atoms with van der Waals surface area (Å²) >= 11 is 5.88. The average Bonchev–Trinajstić information content (AvgIpc) is 3.17. The highest BCUT2D eigenvalue weighted by Crippen LogP contribution is 2.42. The smallest absolute Gasteiger partial charge is 0.342 e. The fourth-order valence-electron chi connectivity index (χ4n) is 3.82. The van der Waals surface area contributed by atoms with Crippen molar-refractivity contribution in [2.75, 3.05) is 14.2 Å². The molecule has 0 aromatic heterocycles. The number of hydrogen-bond acceptors (Lipinski definition) is 5. The first-order valence-corrected chi connectivity index (χ1v) is 10.8. The van der Waals surface area contributed by atoms with Gasteiger partial charge in [0.15, 0.2) is 0 Å². The minimum atomic E-state index is -0.373. The summed E-state index contributed by atoms with van der Waals surface area (Å²) in [5.41, 5.74) is 5.04. The van der Waals surface area contributed by atoms with Crippen LogP contribution in [-0.4, -0.2) is 26.1 Å². The van der Waals surface area contributed by atoms with Crippen LogP contribution in [0.2, 0.25) is 5.02 Å². The molecule has 3 rings (SSSR count). The van der Waals surface area contributed by atoms with Gasteiger partial charge >= 0.3 is 5.97 Å². The van der Waals surface area contributed by atoms with Crippen LogP contribution in [0.15, 0.2) is 35.9 Å². The quantitative estimate of drug-likeness (QED) is 0.427. The molecule has 2 aromatic rings. The Kier molecular flexibility index (Phi) is 7.80. The Morgan fingerprint density at radius 2 is 1.84 bits per heavy atom. The Balaban J connectivity index is 1.65. The Bertz CT molecular complexity index is 1040. The zero-order valence-electron chi connectivity index (χ0n) is 18.8. The molecule has 6 nitrogen and oxygen atoms in total. The highest BCUT2D eigenvalue weighted by atomic mass is 35.5. The minimum absolute atomic E-state index is 0.0148. The third-order valence-corrected chi connectivity index (χ3v) is 5.89. The summed E-state index contributed by atoms with van der Waals surface area (Å²) in [7, 11) is 3.15. The molecule has 0 radical (unpaired) electrons. The van der Waals surface area contributed by atoms with Crippen LogP contribution in [0.5, 0.6) is 11.5 Å². The first kappa shape index (κ1) is 23.7. The van der Waals surface area contributed by atoms with Crippen molar-refractivity contribution in [3.05, 3.63) is 68.8 Å². The van der Waals surface area contributed by atoms with Crippen LogP contribution in [0.3, 0.4) is 0 Å². The van der Waals surface area contributed by atoms with Gasteiger partial charge in [0.05, 0.1) is 14.2 Å². The molecule has 1 aliphatic heterocycles. The number of carbonyl (C=O) groups excluding carboxylic acids is 2. The minimum Gasteiger partial charge on any atom is -0.496 e. The standard InChI is InChI=1S/C25H28ClNO5/c1-15(6-12-21(28)27-13-17-7-9-18(26)10-8-17)5-11-19-23(30-3)16(2)20-14-32-25(29)22(20)24(19)31-4/h5,7-10H,6,11-14H2,1-4H3,(H,27,28). The summed E-state index contributed by atoms with van der Waals surface area (Å²) in [5.74, 6) is 0.805. The second-order valence-corrected chi connectivity index (χ2v) is 8.19. The lowest BCUT2D eigenvalue weighted by molar-refractivity contribution is -0.121. The molecular weight excluding hydrogens is 430 g/mol. The number of rotatable bonds is 9. The lowest BCUT2D eigenvalue weighted by atomic mass is 9.94. The molecule has 0 saturated carbocycles. The van der Waals surface area contributed by atoms with Crippen molar-refractivity contribution in [1.29, 1.82) is 0 Å². The Morgan fingerprint density at radius 3 is 2.50 bits per heavy atom. The largest absolute Gasteiger partial charge is 0.496 e. The van der Waals surface area contributed by atoms with Crippen LogP contribution in [0.1, 0.15) is 52.4 Å². The first-order valence-electron chi connectivity index (χ1n) is 10.5. The Hall–Kier alpha value is -2.99. The van der Waals surface area contributed by atoms with Crippen LogP contribution in [0, 0.1) is 6.92 Å². The van der Waals surface area contributed by atoms with Crippen LogP contribution >= 0.6 is 11.6 Å². The van der Waals surface area contributed by atoms with Gasteiger partial charge in [0.2, 0.25) is 5.91 Å². The SMILES string of the molecule is COc1c(C)c2c(c(OC)c1CC=C(C)CCC(=O)NCc1ccc(Cl)cc1)C(=O)OC2. The van der Waals surface area contributed by atoms with Gasteiger partial charge in [-0.1, -0.05) is 35.4 Å². The van der Waals surface area contributed by atoms with Gasteiger partial charge in [0.25, 0.3) is 0 Å². The fourth-order valence-corrected chi connectivity index (χ4v) is 3.94. The van der Waals surface area contributed by atoms with E-state index in [1.807, 2.05) is 32.1 Å². The first-order chi connectivity index (χ1) is 15.3. The summed E-state index contributed by atoms with van der Waals surface area (Å²) in [4.78, 5) is 24.5. The van der Waals surface area contributed by atoms with Crippen molar-refractivity contribution in [3.8, 4) is 11.5 Å². The molecule has 1 aliphatic rings. The predicted octanol–water partition coefficient (Wildman–Crippen LogP) is 4.92. The third-order valence-electron chi connectivity index (χ3n) is 5.63. The molecule has 0 aliphatic carbocycles. The molecule has 0 spiro atoms. The van der Waals surface area contributed by atoms with E-state index in [2.05, 4.69) is 5.32 Å². The number of nitrogens with one attached hydrogen (secondary N) is 1. The summed E-state index contributed by atoms with van der Waals surface area (Å²) in [6.07, 6.45) is 3.58. The molecule has 0 bridgehead atoms. The number of amides is 1. The van der Waals surface area contributed by atoms with Crippen molar-refractivity contribution < 1.29 is 23.8 Å². The van der Waals surface area contributed by atoms with Gasteiger partial charge in [-0.05, 0) is 49.9 Å². The summed E-state index contributed by atoms with van der Waals surface area (Å²) < 4.78 is 16.4. The molecule has 170 valence electrons. The topological polar surface area (TPSA) is 73.9 Å².